The first-order valence-corrected chi connectivity index (χ1v) is 5.73. The minimum absolute atomic E-state index is 0.0301. The molecule has 2 N–H and O–H groups in total. The first kappa shape index (κ1) is 11.7. The second-order valence-corrected chi connectivity index (χ2v) is 5.56. The number of hydrogen-bond acceptors (Lipinski definition) is 4. The van der Waals surface area contributed by atoms with E-state index in [0.29, 0.717) is 13.2 Å². The number of nitrogens with two attached hydrogens (primary N) is 1. The van der Waals surface area contributed by atoms with Crippen LogP contribution in [0.4, 0.5) is 4.79 Å². The lowest BCUT2D eigenvalue weighted by Gasteiger charge is -2.47. The number of fused-ring (bicyclic) bond motifs is 3. The predicted octanol–water partition coefficient (Wildman–Crippen LogP) is 0.722. The Morgan fingerprint density at radius 3 is 2.62 bits per heavy atom. The number of ether oxygens (including phenoxy) is 2. The Bertz CT molecular complexity index is 287. The Morgan fingerprint density at radius 1 is 1.50 bits per heavy atom. The van der Waals surface area contributed by atoms with Crippen LogP contribution in [0.25, 0.3) is 0 Å². The second kappa shape index (κ2) is 3.89. The summed E-state index contributed by atoms with van der Waals surface area (Å²) < 4.78 is 10.9. The van der Waals surface area contributed by atoms with Gasteiger partial charge in [-0.25, -0.2) is 4.79 Å². The van der Waals surface area contributed by atoms with Crippen molar-refractivity contribution in [1.82, 2.24) is 4.90 Å². The molecular formula is C11H20N2O3. The SMILES string of the molecule is CC(C)(C)OC(=O)N1CC2OCC1CC2N. The molecule has 0 aromatic carbocycles. The summed E-state index contributed by atoms with van der Waals surface area (Å²) in [6, 6.07) is 0.132. The van der Waals surface area contributed by atoms with Crippen LogP contribution < -0.4 is 5.73 Å². The van der Waals surface area contributed by atoms with Crippen molar-refractivity contribution in [3.8, 4) is 0 Å². The highest BCUT2D eigenvalue weighted by Crippen LogP contribution is 2.27. The minimum Gasteiger partial charge on any atom is -0.444 e. The lowest BCUT2D eigenvalue weighted by atomic mass is 9.93. The molecule has 0 saturated carbocycles. The van der Waals surface area contributed by atoms with Crippen molar-refractivity contribution in [3.05, 3.63) is 0 Å². The van der Waals surface area contributed by atoms with E-state index in [1.165, 1.54) is 0 Å². The number of amides is 1. The summed E-state index contributed by atoms with van der Waals surface area (Å²) in [7, 11) is 0. The number of morpholine rings is 1. The predicted molar refractivity (Wildman–Crippen MR) is 59.1 cm³/mol. The zero-order valence-corrected chi connectivity index (χ0v) is 10.1. The van der Waals surface area contributed by atoms with Crippen LogP contribution in [0, 0.1) is 0 Å². The highest BCUT2D eigenvalue weighted by molar-refractivity contribution is 5.69. The van der Waals surface area contributed by atoms with Crippen LogP contribution in [0.1, 0.15) is 27.2 Å². The van der Waals surface area contributed by atoms with Gasteiger partial charge in [-0.1, -0.05) is 0 Å². The van der Waals surface area contributed by atoms with Crippen molar-refractivity contribution in [2.75, 3.05) is 13.2 Å². The van der Waals surface area contributed by atoms with Crippen LogP contribution in [0.3, 0.4) is 0 Å². The third-order valence-corrected chi connectivity index (χ3v) is 2.97. The molecule has 3 fully saturated rings. The normalized spacial score (nSPS) is 34.0. The molecule has 0 aromatic rings. The highest BCUT2D eigenvalue weighted by atomic mass is 16.6. The van der Waals surface area contributed by atoms with E-state index in [4.69, 9.17) is 15.2 Å². The maximum Gasteiger partial charge on any atom is 0.410 e. The van der Waals surface area contributed by atoms with Gasteiger partial charge in [-0.15, -0.1) is 0 Å². The Balaban J connectivity index is 1.99. The van der Waals surface area contributed by atoms with Crippen molar-refractivity contribution in [3.63, 3.8) is 0 Å². The summed E-state index contributed by atoms with van der Waals surface area (Å²) in [4.78, 5) is 13.7. The fourth-order valence-corrected chi connectivity index (χ4v) is 2.18. The van der Waals surface area contributed by atoms with E-state index in [1.807, 2.05) is 20.8 Å². The van der Waals surface area contributed by atoms with Gasteiger partial charge >= 0.3 is 6.09 Å². The molecule has 3 unspecified atom stereocenters. The average molecular weight is 228 g/mol. The van der Waals surface area contributed by atoms with Crippen molar-refractivity contribution in [1.29, 1.82) is 0 Å². The van der Waals surface area contributed by atoms with Crippen LogP contribution in [0.15, 0.2) is 0 Å². The zero-order chi connectivity index (χ0) is 11.9. The molecule has 3 saturated heterocycles. The van der Waals surface area contributed by atoms with Crippen LogP contribution in [-0.2, 0) is 9.47 Å². The molecule has 0 radical (unpaired) electrons. The number of hydrogen-bond donors (Lipinski definition) is 1. The molecule has 3 heterocycles. The Morgan fingerprint density at radius 2 is 2.19 bits per heavy atom. The molecule has 92 valence electrons. The fraction of sp³-hybridized carbons (Fsp3) is 0.909. The van der Waals surface area contributed by atoms with E-state index in [0.717, 1.165) is 6.42 Å². The van der Waals surface area contributed by atoms with E-state index >= 15 is 0 Å². The largest absolute Gasteiger partial charge is 0.444 e. The van der Waals surface area contributed by atoms with Crippen molar-refractivity contribution >= 4 is 6.09 Å². The lowest BCUT2D eigenvalue weighted by molar-refractivity contribution is -0.114. The van der Waals surface area contributed by atoms with E-state index in [9.17, 15) is 4.79 Å². The summed E-state index contributed by atoms with van der Waals surface area (Å²) in [5, 5.41) is 0. The van der Waals surface area contributed by atoms with Crippen molar-refractivity contribution < 1.29 is 14.3 Å². The molecule has 0 aliphatic carbocycles. The topological polar surface area (TPSA) is 64.8 Å². The molecule has 5 nitrogen and oxygen atoms in total. The van der Waals surface area contributed by atoms with Gasteiger partial charge in [-0.3, -0.25) is 0 Å². The molecule has 3 aliphatic heterocycles. The molecular weight excluding hydrogens is 208 g/mol. The number of rotatable bonds is 0. The van der Waals surface area contributed by atoms with Gasteiger partial charge < -0.3 is 20.1 Å². The van der Waals surface area contributed by atoms with Gasteiger partial charge in [0.15, 0.2) is 0 Å². The lowest BCUT2D eigenvalue weighted by Crippen LogP contribution is -2.64. The zero-order valence-electron chi connectivity index (χ0n) is 10.1. The fourth-order valence-electron chi connectivity index (χ4n) is 2.18. The number of piperidine rings is 1. The molecule has 0 aromatic heterocycles. The van der Waals surface area contributed by atoms with Gasteiger partial charge in [0.25, 0.3) is 0 Å². The monoisotopic (exact) mass is 228 g/mol. The Hall–Kier alpha value is -0.810. The van der Waals surface area contributed by atoms with Gasteiger partial charge in [0, 0.05) is 6.04 Å². The first-order valence-electron chi connectivity index (χ1n) is 5.73. The standard InChI is InChI=1S/C11H20N2O3/c1-11(2,3)16-10(14)13-5-9-8(12)4-7(13)6-15-9/h7-9H,4-6,12H2,1-3H3. The molecule has 5 heteroatoms. The third kappa shape index (κ3) is 2.30. The Labute approximate surface area is 95.9 Å². The number of nitrogens with zero attached hydrogens (tertiary/aromatic N) is 1. The van der Waals surface area contributed by atoms with Gasteiger partial charge in [-0.05, 0) is 27.2 Å². The molecule has 2 bridgehead atoms. The smallest absolute Gasteiger partial charge is 0.410 e. The molecule has 1 amide bonds. The molecule has 3 atom stereocenters. The van der Waals surface area contributed by atoms with Gasteiger partial charge in [0.2, 0.25) is 0 Å². The molecule has 0 spiro atoms. The van der Waals surface area contributed by atoms with Crippen molar-refractivity contribution in [2.45, 2.75) is 51.0 Å². The van der Waals surface area contributed by atoms with Gasteiger partial charge in [0.1, 0.15) is 5.60 Å². The summed E-state index contributed by atoms with van der Waals surface area (Å²) in [6.07, 6.45) is 0.527. The van der Waals surface area contributed by atoms with Gasteiger partial charge in [-0.2, -0.15) is 0 Å². The summed E-state index contributed by atoms with van der Waals surface area (Å²) in [6.45, 7) is 6.75. The summed E-state index contributed by atoms with van der Waals surface area (Å²) >= 11 is 0. The molecule has 3 aliphatic rings. The third-order valence-electron chi connectivity index (χ3n) is 2.97. The van der Waals surface area contributed by atoms with E-state index in [1.54, 1.807) is 4.90 Å². The maximum absolute atomic E-state index is 11.9. The molecule has 3 rings (SSSR count). The van der Waals surface area contributed by atoms with E-state index in [2.05, 4.69) is 0 Å². The van der Waals surface area contributed by atoms with Crippen LogP contribution in [0.5, 0.6) is 0 Å². The van der Waals surface area contributed by atoms with Crippen LogP contribution in [0.2, 0.25) is 0 Å². The number of carbonyl (C=O) groups is 1. The molecule has 16 heavy (non-hydrogen) atoms. The van der Waals surface area contributed by atoms with Crippen LogP contribution >= 0.6 is 0 Å². The quantitative estimate of drug-likeness (QED) is 0.663. The first-order chi connectivity index (χ1) is 7.37. The highest BCUT2D eigenvalue weighted by Gasteiger charge is 2.43. The minimum atomic E-state index is -0.448. The van der Waals surface area contributed by atoms with Crippen molar-refractivity contribution in [2.24, 2.45) is 5.73 Å². The van der Waals surface area contributed by atoms with E-state index < -0.39 is 5.60 Å². The average Bonchev–Trinajstić information content (AvgIpc) is 2.15. The Kier molecular flexibility index (Phi) is 2.84. The summed E-state index contributed by atoms with van der Waals surface area (Å²) in [5.74, 6) is 0. The second-order valence-electron chi connectivity index (χ2n) is 5.56. The van der Waals surface area contributed by atoms with Gasteiger partial charge in [0.05, 0.1) is 25.3 Å². The summed E-state index contributed by atoms with van der Waals surface area (Å²) in [5.41, 5.74) is 5.46. The van der Waals surface area contributed by atoms with Crippen LogP contribution in [-0.4, -0.2) is 47.9 Å². The van der Waals surface area contributed by atoms with E-state index in [-0.39, 0.29) is 24.3 Å². The number of carbonyl (C=O) groups excluding carboxylic acids is 1. The maximum atomic E-state index is 11.9.